The summed E-state index contributed by atoms with van der Waals surface area (Å²) in [7, 11) is 3.83. The summed E-state index contributed by atoms with van der Waals surface area (Å²) < 4.78 is 38.9. The van der Waals surface area contributed by atoms with Gasteiger partial charge in [-0.25, -0.2) is 0 Å². The van der Waals surface area contributed by atoms with Gasteiger partial charge in [-0.2, -0.15) is 13.2 Å². The molecule has 1 saturated heterocycles. The van der Waals surface area contributed by atoms with Gasteiger partial charge in [0.2, 0.25) is 5.91 Å². The summed E-state index contributed by atoms with van der Waals surface area (Å²) in [5.74, 6) is -0.0307. The van der Waals surface area contributed by atoms with Gasteiger partial charge in [-0.15, -0.1) is 12.4 Å². The van der Waals surface area contributed by atoms with Gasteiger partial charge in [-0.3, -0.25) is 4.79 Å². The van der Waals surface area contributed by atoms with Crippen molar-refractivity contribution in [1.29, 1.82) is 0 Å². The zero-order valence-corrected chi connectivity index (χ0v) is 16.9. The fraction of sp³-hybridized carbons (Fsp3) is 0.632. The number of likely N-dealkylation sites (N-methyl/N-ethyl adjacent to an activating group) is 1. The molecule has 2 atom stereocenters. The molecule has 1 amide bonds. The van der Waals surface area contributed by atoms with Crippen molar-refractivity contribution in [3.8, 4) is 0 Å². The van der Waals surface area contributed by atoms with E-state index in [1.807, 2.05) is 19.0 Å². The summed E-state index contributed by atoms with van der Waals surface area (Å²) in [5, 5.41) is 3.33. The van der Waals surface area contributed by atoms with Crippen molar-refractivity contribution in [2.75, 3.05) is 33.7 Å². The molecule has 1 fully saturated rings. The third kappa shape index (κ3) is 7.31. The van der Waals surface area contributed by atoms with Crippen LogP contribution in [0.4, 0.5) is 13.2 Å². The molecule has 0 bridgehead atoms. The summed E-state index contributed by atoms with van der Waals surface area (Å²) in [6.45, 7) is 4.22. The molecular formula is C19H29ClF3N3O. The summed E-state index contributed by atoms with van der Waals surface area (Å²) in [5.41, 5.74) is -0.167. The molecule has 0 saturated carbocycles. The normalized spacial score (nSPS) is 20.3. The Morgan fingerprint density at radius 3 is 2.56 bits per heavy atom. The molecule has 0 aromatic heterocycles. The molecule has 0 aliphatic carbocycles. The Labute approximate surface area is 165 Å². The van der Waals surface area contributed by atoms with E-state index in [-0.39, 0.29) is 36.8 Å². The van der Waals surface area contributed by atoms with Gasteiger partial charge in [0, 0.05) is 31.6 Å². The molecule has 1 aromatic rings. The van der Waals surface area contributed by atoms with E-state index in [1.54, 1.807) is 11.0 Å². The Hall–Kier alpha value is -1.31. The first-order valence-corrected chi connectivity index (χ1v) is 9.00. The summed E-state index contributed by atoms with van der Waals surface area (Å²) in [6.07, 6.45) is -2.84. The van der Waals surface area contributed by atoms with E-state index in [0.717, 1.165) is 31.5 Å². The Balaban J connectivity index is 0.00000364. The zero-order chi connectivity index (χ0) is 19.3. The fourth-order valence-electron chi connectivity index (χ4n) is 3.27. The molecular weight excluding hydrogens is 379 g/mol. The van der Waals surface area contributed by atoms with Crippen molar-refractivity contribution >= 4 is 18.3 Å². The molecule has 154 valence electrons. The van der Waals surface area contributed by atoms with Crippen LogP contribution in [0.15, 0.2) is 24.3 Å². The van der Waals surface area contributed by atoms with Gasteiger partial charge in [0.15, 0.2) is 0 Å². The van der Waals surface area contributed by atoms with Gasteiger partial charge in [-0.1, -0.05) is 12.1 Å². The second-order valence-electron chi connectivity index (χ2n) is 7.34. The number of rotatable bonds is 6. The zero-order valence-electron chi connectivity index (χ0n) is 16.1. The fourth-order valence-corrected chi connectivity index (χ4v) is 3.27. The maximum atomic E-state index is 13.0. The van der Waals surface area contributed by atoms with Gasteiger partial charge >= 0.3 is 6.18 Å². The average Bonchev–Trinajstić information content (AvgIpc) is 2.57. The van der Waals surface area contributed by atoms with Crippen LogP contribution in [0.1, 0.15) is 30.9 Å². The predicted molar refractivity (Wildman–Crippen MR) is 103 cm³/mol. The lowest BCUT2D eigenvalue weighted by Gasteiger charge is -2.33. The maximum absolute atomic E-state index is 13.0. The SMILES string of the molecule is C[C@H]1C[C@@H](C(=O)N(CCN(C)C)Cc2cccc(C(F)(F)F)c2)CCN1.Cl. The Kier molecular flexibility index (Phi) is 9.05. The minimum atomic E-state index is -4.38. The number of carbonyl (C=O) groups excluding carboxylic acids is 1. The first kappa shape index (κ1) is 23.7. The summed E-state index contributed by atoms with van der Waals surface area (Å²) in [4.78, 5) is 16.7. The molecule has 1 aliphatic rings. The minimum Gasteiger partial charge on any atom is -0.337 e. The van der Waals surface area contributed by atoms with Gasteiger partial charge in [-0.05, 0) is 58.1 Å². The van der Waals surface area contributed by atoms with Crippen LogP contribution in [0.5, 0.6) is 0 Å². The molecule has 0 spiro atoms. The summed E-state index contributed by atoms with van der Waals surface area (Å²) in [6, 6.07) is 5.53. The number of benzene rings is 1. The van der Waals surface area contributed by atoms with E-state index in [2.05, 4.69) is 12.2 Å². The molecule has 0 radical (unpaired) electrons. The van der Waals surface area contributed by atoms with Crippen LogP contribution in [-0.2, 0) is 17.5 Å². The van der Waals surface area contributed by atoms with Crippen LogP contribution < -0.4 is 5.32 Å². The van der Waals surface area contributed by atoms with Gasteiger partial charge in [0.1, 0.15) is 0 Å². The van der Waals surface area contributed by atoms with Crippen molar-refractivity contribution in [1.82, 2.24) is 15.1 Å². The number of nitrogens with one attached hydrogen (secondary N) is 1. The topological polar surface area (TPSA) is 35.6 Å². The van der Waals surface area contributed by atoms with Crippen molar-refractivity contribution in [3.63, 3.8) is 0 Å². The lowest BCUT2D eigenvalue weighted by atomic mass is 9.91. The monoisotopic (exact) mass is 407 g/mol. The first-order valence-electron chi connectivity index (χ1n) is 9.00. The number of alkyl halides is 3. The molecule has 0 unspecified atom stereocenters. The lowest BCUT2D eigenvalue weighted by molar-refractivity contribution is -0.137. The molecule has 4 nitrogen and oxygen atoms in total. The maximum Gasteiger partial charge on any atom is 0.416 e. The largest absolute Gasteiger partial charge is 0.416 e. The van der Waals surface area contributed by atoms with Gasteiger partial charge < -0.3 is 15.1 Å². The predicted octanol–water partition coefficient (Wildman–Crippen LogP) is 3.41. The van der Waals surface area contributed by atoms with E-state index in [0.29, 0.717) is 18.7 Å². The second-order valence-corrected chi connectivity index (χ2v) is 7.34. The van der Waals surface area contributed by atoms with Crippen molar-refractivity contribution in [2.45, 2.75) is 38.5 Å². The minimum absolute atomic E-state index is 0. The van der Waals surface area contributed by atoms with E-state index in [4.69, 9.17) is 0 Å². The number of amides is 1. The molecule has 2 rings (SSSR count). The Bertz CT molecular complexity index is 610. The molecule has 1 heterocycles. The molecule has 27 heavy (non-hydrogen) atoms. The first-order chi connectivity index (χ1) is 12.2. The second kappa shape index (κ2) is 10.3. The molecule has 1 N–H and O–H groups in total. The van der Waals surface area contributed by atoms with Crippen LogP contribution in [-0.4, -0.2) is 55.5 Å². The van der Waals surface area contributed by atoms with Crippen molar-refractivity contribution in [2.24, 2.45) is 5.92 Å². The van der Waals surface area contributed by atoms with E-state index < -0.39 is 11.7 Å². The highest BCUT2D eigenvalue weighted by Gasteiger charge is 2.31. The highest BCUT2D eigenvalue weighted by molar-refractivity contribution is 5.85. The van der Waals surface area contributed by atoms with Crippen LogP contribution >= 0.6 is 12.4 Å². The number of halogens is 4. The lowest BCUT2D eigenvalue weighted by Crippen LogP contribution is -2.45. The van der Waals surface area contributed by atoms with E-state index in [1.165, 1.54) is 6.07 Å². The number of hydrogen-bond acceptors (Lipinski definition) is 3. The average molecular weight is 408 g/mol. The van der Waals surface area contributed by atoms with Crippen LogP contribution in [0.3, 0.4) is 0 Å². The van der Waals surface area contributed by atoms with Crippen molar-refractivity contribution < 1.29 is 18.0 Å². The van der Waals surface area contributed by atoms with Crippen LogP contribution in [0.25, 0.3) is 0 Å². The Morgan fingerprint density at radius 1 is 1.26 bits per heavy atom. The third-order valence-electron chi connectivity index (χ3n) is 4.73. The number of piperidine rings is 1. The van der Waals surface area contributed by atoms with Crippen LogP contribution in [0, 0.1) is 5.92 Å². The number of nitrogens with zero attached hydrogens (tertiary/aromatic N) is 2. The van der Waals surface area contributed by atoms with Gasteiger partial charge in [0.05, 0.1) is 5.56 Å². The van der Waals surface area contributed by atoms with E-state index >= 15 is 0 Å². The molecule has 8 heteroatoms. The third-order valence-corrected chi connectivity index (χ3v) is 4.73. The van der Waals surface area contributed by atoms with Crippen molar-refractivity contribution in [3.05, 3.63) is 35.4 Å². The standard InChI is InChI=1S/C19H28F3N3O.ClH/c1-14-11-16(7-8-23-14)18(26)25(10-9-24(2)3)13-15-5-4-6-17(12-15)19(20,21)22;/h4-6,12,14,16,23H,7-11,13H2,1-3H3;1H/t14-,16-;/m0./s1. The number of hydrogen-bond donors (Lipinski definition) is 1. The van der Waals surface area contributed by atoms with Crippen LogP contribution in [0.2, 0.25) is 0 Å². The van der Waals surface area contributed by atoms with Gasteiger partial charge in [0.25, 0.3) is 0 Å². The highest BCUT2D eigenvalue weighted by atomic mass is 35.5. The highest BCUT2D eigenvalue weighted by Crippen LogP contribution is 2.30. The molecule has 1 aromatic carbocycles. The van der Waals surface area contributed by atoms with E-state index in [9.17, 15) is 18.0 Å². The quantitative estimate of drug-likeness (QED) is 0.785. The number of carbonyl (C=O) groups is 1. The Morgan fingerprint density at radius 2 is 1.96 bits per heavy atom. The summed E-state index contributed by atoms with van der Waals surface area (Å²) >= 11 is 0. The molecule has 1 aliphatic heterocycles. The smallest absolute Gasteiger partial charge is 0.337 e.